The minimum atomic E-state index is -0.0934. The van der Waals surface area contributed by atoms with Gasteiger partial charge in [0.1, 0.15) is 11.3 Å². The number of hydrogen-bond donors (Lipinski definition) is 1. The number of rotatable bonds is 5. The first-order valence-electron chi connectivity index (χ1n) is 6.96. The standard InChI is InChI=1S/C16H18N2O3/c1-18-12(16(19)17-8-5-9-20-2)10-14-15(18)11-6-3-4-7-13(11)21-14/h3-4,6-7,10H,5,8-9H2,1-2H3,(H,17,19). The Morgan fingerprint density at radius 1 is 1.33 bits per heavy atom. The zero-order valence-corrected chi connectivity index (χ0v) is 12.2. The summed E-state index contributed by atoms with van der Waals surface area (Å²) < 4.78 is 12.6. The van der Waals surface area contributed by atoms with E-state index in [1.54, 1.807) is 13.2 Å². The fourth-order valence-corrected chi connectivity index (χ4v) is 2.56. The quantitative estimate of drug-likeness (QED) is 0.734. The van der Waals surface area contributed by atoms with Crippen molar-refractivity contribution in [3.05, 3.63) is 36.0 Å². The van der Waals surface area contributed by atoms with Crippen molar-refractivity contribution in [3.63, 3.8) is 0 Å². The van der Waals surface area contributed by atoms with E-state index in [0.29, 0.717) is 18.8 Å². The van der Waals surface area contributed by atoms with Crippen LogP contribution in [0.4, 0.5) is 0 Å². The van der Waals surface area contributed by atoms with Gasteiger partial charge in [-0.15, -0.1) is 0 Å². The van der Waals surface area contributed by atoms with Crippen molar-refractivity contribution in [3.8, 4) is 0 Å². The molecule has 0 unspecified atom stereocenters. The molecule has 0 spiro atoms. The lowest BCUT2D eigenvalue weighted by atomic mass is 10.2. The Hall–Kier alpha value is -2.27. The summed E-state index contributed by atoms with van der Waals surface area (Å²) in [6.45, 7) is 1.24. The van der Waals surface area contributed by atoms with Crippen molar-refractivity contribution in [2.45, 2.75) is 6.42 Å². The third kappa shape index (κ3) is 2.40. The zero-order chi connectivity index (χ0) is 14.8. The highest BCUT2D eigenvalue weighted by Crippen LogP contribution is 2.30. The molecule has 1 N–H and O–H groups in total. The third-order valence-electron chi connectivity index (χ3n) is 3.60. The second kappa shape index (κ2) is 5.61. The molecule has 3 rings (SSSR count). The Bertz CT molecular complexity index is 785. The van der Waals surface area contributed by atoms with Gasteiger partial charge in [-0.25, -0.2) is 0 Å². The number of amides is 1. The molecule has 3 aromatic rings. The number of carbonyl (C=O) groups is 1. The first-order valence-corrected chi connectivity index (χ1v) is 6.96. The Morgan fingerprint density at radius 3 is 2.95 bits per heavy atom. The summed E-state index contributed by atoms with van der Waals surface area (Å²) in [5.41, 5.74) is 3.13. The maximum absolute atomic E-state index is 12.2. The topological polar surface area (TPSA) is 56.4 Å². The molecule has 2 aromatic heterocycles. The fraction of sp³-hybridized carbons (Fsp3) is 0.312. The molecule has 0 atom stereocenters. The molecule has 0 aliphatic carbocycles. The summed E-state index contributed by atoms with van der Waals surface area (Å²) in [6.07, 6.45) is 0.797. The molecule has 0 aliphatic heterocycles. The van der Waals surface area contributed by atoms with E-state index in [1.165, 1.54) is 0 Å². The summed E-state index contributed by atoms with van der Waals surface area (Å²) >= 11 is 0. The van der Waals surface area contributed by atoms with Crippen LogP contribution >= 0.6 is 0 Å². The molecular formula is C16H18N2O3. The van der Waals surface area contributed by atoms with Crippen LogP contribution in [0.25, 0.3) is 22.1 Å². The highest BCUT2D eigenvalue weighted by molar-refractivity contribution is 6.07. The minimum absolute atomic E-state index is 0.0934. The van der Waals surface area contributed by atoms with E-state index in [4.69, 9.17) is 9.15 Å². The second-order valence-corrected chi connectivity index (χ2v) is 5.00. The molecule has 0 saturated heterocycles. The van der Waals surface area contributed by atoms with Gasteiger partial charge in [0.25, 0.3) is 5.91 Å². The number of fused-ring (bicyclic) bond motifs is 3. The Balaban J connectivity index is 1.89. The molecule has 21 heavy (non-hydrogen) atoms. The third-order valence-corrected chi connectivity index (χ3v) is 3.60. The number of furan rings is 1. The van der Waals surface area contributed by atoms with E-state index in [0.717, 1.165) is 28.5 Å². The molecule has 0 aliphatic rings. The van der Waals surface area contributed by atoms with Crippen LogP contribution in [0.3, 0.4) is 0 Å². The van der Waals surface area contributed by atoms with Gasteiger partial charge in [0.05, 0.1) is 5.52 Å². The van der Waals surface area contributed by atoms with Crippen LogP contribution in [0.5, 0.6) is 0 Å². The molecule has 2 heterocycles. The molecule has 110 valence electrons. The molecule has 0 radical (unpaired) electrons. The van der Waals surface area contributed by atoms with Crippen LogP contribution in [0.1, 0.15) is 16.9 Å². The van der Waals surface area contributed by atoms with Gasteiger partial charge in [-0.1, -0.05) is 12.1 Å². The Labute approximate surface area is 122 Å². The van der Waals surface area contributed by atoms with Crippen molar-refractivity contribution in [2.75, 3.05) is 20.3 Å². The van der Waals surface area contributed by atoms with Crippen molar-refractivity contribution in [1.29, 1.82) is 0 Å². The van der Waals surface area contributed by atoms with Gasteiger partial charge in [-0.2, -0.15) is 0 Å². The van der Waals surface area contributed by atoms with Crippen LogP contribution in [0.2, 0.25) is 0 Å². The van der Waals surface area contributed by atoms with Gasteiger partial charge in [0.2, 0.25) is 0 Å². The van der Waals surface area contributed by atoms with Crippen molar-refractivity contribution in [1.82, 2.24) is 9.88 Å². The van der Waals surface area contributed by atoms with E-state index in [9.17, 15) is 4.79 Å². The maximum atomic E-state index is 12.2. The van der Waals surface area contributed by atoms with Gasteiger partial charge >= 0.3 is 0 Å². The van der Waals surface area contributed by atoms with Crippen molar-refractivity contribution < 1.29 is 13.9 Å². The average molecular weight is 286 g/mol. The van der Waals surface area contributed by atoms with Crippen molar-refractivity contribution in [2.24, 2.45) is 7.05 Å². The number of nitrogens with zero attached hydrogens (tertiary/aromatic N) is 1. The molecule has 0 fully saturated rings. The molecule has 0 saturated carbocycles. The number of hydrogen-bond acceptors (Lipinski definition) is 3. The van der Waals surface area contributed by atoms with E-state index >= 15 is 0 Å². The number of nitrogens with one attached hydrogen (secondary N) is 1. The normalized spacial score (nSPS) is 11.3. The van der Waals surface area contributed by atoms with Crippen LogP contribution in [0.15, 0.2) is 34.7 Å². The molecule has 1 amide bonds. The van der Waals surface area contributed by atoms with Crippen LogP contribution in [-0.2, 0) is 11.8 Å². The monoisotopic (exact) mass is 286 g/mol. The molecule has 5 nitrogen and oxygen atoms in total. The fourth-order valence-electron chi connectivity index (χ4n) is 2.56. The lowest BCUT2D eigenvalue weighted by Gasteiger charge is -2.06. The van der Waals surface area contributed by atoms with Gasteiger partial charge in [0.15, 0.2) is 5.58 Å². The van der Waals surface area contributed by atoms with E-state index in [2.05, 4.69) is 5.32 Å². The molecular weight excluding hydrogens is 268 g/mol. The van der Waals surface area contributed by atoms with Gasteiger partial charge in [-0.3, -0.25) is 4.79 Å². The minimum Gasteiger partial charge on any atom is -0.454 e. The predicted molar refractivity (Wildman–Crippen MR) is 81.5 cm³/mol. The van der Waals surface area contributed by atoms with E-state index in [-0.39, 0.29) is 5.91 Å². The molecule has 0 bridgehead atoms. The van der Waals surface area contributed by atoms with Gasteiger partial charge in [-0.05, 0) is 18.6 Å². The number of aromatic nitrogens is 1. The van der Waals surface area contributed by atoms with Crippen LogP contribution in [-0.4, -0.2) is 30.7 Å². The van der Waals surface area contributed by atoms with Gasteiger partial charge < -0.3 is 19.0 Å². The predicted octanol–water partition coefficient (Wildman–Crippen LogP) is 2.69. The van der Waals surface area contributed by atoms with Crippen LogP contribution < -0.4 is 5.32 Å². The number of ether oxygens (including phenoxy) is 1. The second-order valence-electron chi connectivity index (χ2n) is 5.00. The van der Waals surface area contributed by atoms with E-state index in [1.807, 2.05) is 35.9 Å². The summed E-state index contributed by atoms with van der Waals surface area (Å²) in [7, 11) is 3.53. The highest BCUT2D eigenvalue weighted by Gasteiger charge is 2.17. The lowest BCUT2D eigenvalue weighted by Crippen LogP contribution is -2.26. The van der Waals surface area contributed by atoms with Crippen molar-refractivity contribution >= 4 is 28.0 Å². The average Bonchev–Trinajstić information content (AvgIpc) is 3.00. The smallest absolute Gasteiger partial charge is 0.268 e. The summed E-state index contributed by atoms with van der Waals surface area (Å²) in [5, 5.41) is 3.91. The highest BCUT2D eigenvalue weighted by atomic mass is 16.5. The van der Waals surface area contributed by atoms with E-state index < -0.39 is 0 Å². The number of methoxy groups -OCH3 is 1. The number of carbonyl (C=O) groups excluding carboxylic acids is 1. The van der Waals surface area contributed by atoms with Gasteiger partial charge in [0, 0.05) is 38.8 Å². The first kappa shape index (κ1) is 13.7. The number of aryl methyl sites for hydroxylation is 1. The number of para-hydroxylation sites is 1. The summed E-state index contributed by atoms with van der Waals surface area (Å²) in [4.78, 5) is 12.2. The largest absolute Gasteiger partial charge is 0.454 e. The Morgan fingerprint density at radius 2 is 2.14 bits per heavy atom. The lowest BCUT2D eigenvalue weighted by molar-refractivity contribution is 0.0941. The zero-order valence-electron chi connectivity index (χ0n) is 12.2. The number of benzene rings is 1. The molecule has 5 heteroatoms. The summed E-state index contributed by atoms with van der Waals surface area (Å²) in [5.74, 6) is -0.0934. The van der Waals surface area contributed by atoms with Crippen LogP contribution in [0, 0.1) is 0 Å². The Kier molecular flexibility index (Phi) is 3.66. The summed E-state index contributed by atoms with van der Waals surface area (Å²) in [6, 6.07) is 9.63. The molecule has 1 aromatic carbocycles. The maximum Gasteiger partial charge on any atom is 0.268 e. The first-order chi connectivity index (χ1) is 10.2. The SMILES string of the molecule is COCCCNC(=O)c1cc2oc3ccccc3c2n1C.